The number of hydrogen-bond donors (Lipinski definition) is 0. The maximum atomic E-state index is 8.65. The summed E-state index contributed by atoms with van der Waals surface area (Å²) >= 11 is -18.5. The molecule has 0 amide bonds. The van der Waals surface area contributed by atoms with E-state index in [4.69, 9.17) is 42.9 Å². The summed E-state index contributed by atoms with van der Waals surface area (Å²) in [7, 11) is 0. The van der Waals surface area contributed by atoms with E-state index in [2.05, 4.69) is 0 Å². The molecule has 0 bridgehead atoms. The van der Waals surface area contributed by atoms with Gasteiger partial charge in [0.15, 0.2) is 0 Å². The van der Waals surface area contributed by atoms with Gasteiger partial charge in [-0.25, -0.2) is 0 Å². The quantitative estimate of drug-likeness (QED) is 0.206. The van der Waals surface area contributed by atoms with Gasteiger partial charge in [0.05, 0.1) is 0 Å². The van der Waals surface area contributed by atoms with Gasteiger partial charge >= 0.3 is 205 Å². The Morgan fingerprint density at radius 3 is 0.421 bits per heavy atom. The van der Waals surface area contributed by atoms with E-state index in [1.807, 2.05) is 0 Å². The van der Waals surface area contributed by atoms with E-state index < -0.39 is 50.2 Å². The molecule has 12 nitrogen and oxygen atoms in total. The van der Waals surface area contributed by atoms with Gasteiger partial charge in [0.25, 0.3) is 0 Å². The Morgan fingerprint density at radius 1 is 0.421 bits per heavy atom. The monoisotopic (exact) mass is 1210 g/mol. The normalized spacial score (nSPS) is 9.16. The zero-order valence-corrected chi connectivity index (χ0v) is 22.8. The third-order valence-electron chi connectivity index (χ3n) is 0. The summed E-state index contributed by atoms with van der Waals surface area (Å²) in [6, 6.07) is 0. The second kappa shape index (κ2) is 20.4. The van der Waals surface area contributed by atoms with Crippen molar-refractivity contribution in [3.8, 4) is 0 Å². The van der Waals surface area contributed by atoms with Gasteiger partial charge in [-0.3, -0.25) is 0 Å². The fourth-order valence-electron chi connectivity index (χ4n) is 0. The summed E-state index contributed by atoms with van der Waals surface area (Å²) in [5.74, 6) is 0. The average Bonchev–Trinajstić information content (AvgIpc) is 1.41. The molecule has 0 saturated carbocycles. The van der Waals surface area contributed by atoms with Crippen molar-refractivity contribution in [2.75, 3.05) is 0 Å². The SMILES string of the molecule is [Bi+3].[Bi+3].[NaH].[NaH].[O]=[W](=[O])([O-])[O-].[O]=[W](=[O])([O-])[O-].[O]=[W](=[O])([O-])[O-]. The van der Waals surface area contributed by atoms with Gasteiger partial charge in [0, 0.05) is 0 Å². The number of rotatable bonds is 0. The van der Waals surface area contributed by atoms with Crippen LogP contribution in [0, 0.1) is 0 Å². The Hall–Kier alpha value is 4.39. The van der Waals surface area contributed by atoms with Gasteiger partial charge in [-0.05, 0) is 0 Å². The van der Waals surface area contributed by atoms with E-state index in [9.17, 15) is 0 Å². The fourth-order valence-corrected chi connectivity index (χ4v) is 0. The second-order valence-electron chi connectivity index (χ2n) is 1.22. The van der Waals surface area contributed by atoms with E-state index in [1.165, 1.54) is 0 Å². The molecule has 4 radical (unpaired) electrons. The van der Waals surface area contributed by atoms with Gasteiger partial charge in [0.1, 0.15) is 0 Å². The van der Waals surface area contributed by atoms with Crippen LogP contribution in [0.2, 0.25) is 0 Å². The molecule has 0 heterocycles. The molecule has 0 fully saturated rings. The van der Waals surface area contributed by atoms with Gasteiger partial charge in [0.2, 0.25) is 0 Å². The van der Waals surface area contributed by atoms with Gasteiger partial charge in [-0.1, -0.05) is 0 Å². The van der Waals surface area contributed by atoms with Crippen LogP contribution >= 0.6 is 0 Å². The zero-order valence-electron chi connectivity index (χ0n) is 7.02. The van der Waals surface area contributed by atoms with Crippen LogP contribution in [-0.2, 0) is 70.6 Å². The average molecular weight is 1210 g/mol. The van der Waals surface area contributed by atoms with Crippen LogP contribution in [0.1, 0.15) is 0 Å². The molecule has 19 heteroatoms. The van der Waals surface area contributed by atoms with E-state index in [0.717, 1.165) is 0 Å². The molecule has 0 N–H and O–H groups in total. The summed E-state index contributed by atoms with van der Waals surface area (Å²) < 4.78 is 104. The molecule has 19 heavy (non-hydrogen) atoms. The summed E-state index contributed by atoms with van der Waals surface area (Å²) in [6.45, 7) is 0. The minimum absolute atomic E-state index is 0. The Bertz CT molecular complexity index is 350. The van der Waals surface area contributed by atoms with Crippen LogP contribution in [0.5, 0.6) is 0 Å². The molecule has 0 saturated heterocycles. The van der Waals surface area contributed by atoms with Crippen molar-refractivity contribution in [2.45, 2.75) is 0 Å². The Labute approximate surface area is 200 Å². The summed E-state index contributed by atoms with van der Waals surface area (Å²) in [6.07, 6.45) is 0. The van der Waals surface area contributed by atoms with Crippen molar-refractivity contribution in [3.63, 3.8) is 0 Å². The molecule has 0 rings (SSSR count). The maximum absolute atomic E-state index is 8.65. The molecular formula is H2Bi2Na2O12W3. The Kier molecular flexibility index (Phi) is 46.9. The third-order valence-corrected chi connectivity index (χ3v) is 0. The molecule has 0 aromatic rings. The minimum atomic E-state index is -6.17. The van der Waals surface area contributed by atoms with Crippen LogP contribution in [0.15, 0.2) is 0 Å². The first-order valence-electron chi connectivity index (χ1n) is 2.00. The van der Waals surface area contributed by atoms with Crippen molar-refractivity contribution >= 4 is 112 Å². The molecule has 0 aliphatic rings. The first-order chi connectivity index (χ1) is 6.00. The van der Waals surface area contributed by atoms with Crippen molar-refractivity contribution in [1.29, 1.82) is 0 Å². The summed E-state index contributed by atoms with van der Waals surface area (Å²) in [4.78, 5) is 0. The predicted molar refractivity (Wildman–Crippen MR) is 29.9 cm³/mol. The van der Waals surface area contributed by atoms with Crippen molar-refractivity contribution in [2.24, 2.45) is 0 Å². The van der Waals surface area contributed by atoms with Crippen LogP contribution in [0.3, 0.4) is 0 Å². The molecule has 0 aliphatic carbocycles. The van der Waals surface area contributed by atoms with E-state index in [-0.39, 0.29) is 112 Å². The second-order valence-corrected chi connectivity index (χ2v) is 10.0. The standard InChI is InChI=1S/2Bi.2Na.12O.3W.2H/q2*+3;;;;;;;;;6*-1;;;;;. The van der Waals surface area contributed by atoms with E-state index in [0.29, 0.717) is 0 Å². The number of hydrogen-bond acceptors (Lipinski definition) is 12. The molecule has 104 valence electrons. The topological polar surface area (TPSA) is 241 Å². The third kappa shape index (κ3) is 483. The van der Waals surface area contributed by atoms with Crippen LogP contribution in [-0.4, -0.2) is 112 Å². The summed E-state index contributed by atoms with van der Waals surface area (Å²) in [5, 5.41) is 0. The zero-order chi connectivity index (χ0) is 13.5. The molecule has 0 unspecified atom stereocenters. The summed E-state index contributed by atoms with van der Waals surface area (Å²) in [5.41, 5.74) is 0. The van der Waals surface area contributed by atoms with Crippen molar-refractivity contribution < 1.29 is 93.2 Å². The van der Waals surface area contributed by atoms with E-state index >= 15 is 0 Å². The molecular weight excluding hydrogens is 1210 g/mol. The molecule has 0 spiro atoms. The van der Waals surface area contributed by atoms with Gasteiger partial charge in [-0.2, -0.15) is 0 Å². The Balaban J connectivity index is -0.0000000206. The first kappa shape index (κ1) is 43.7. The molecule has 0 aromatic heterocycles. The fraction of sp³-hybridized carbons (Fsp3) is 0. The molecule has 0 aromatic carbocycles. The Morgan fingerprint density at radius 2 is 0.421 bits per heavy atom. The first-order valence-corrected chi connectivity index (χ1v) is 16.4. The van der Waals surface area contributed by atoms with Crippen molar-refractivity contribution in [3.05, 3.63) is 0 Å². The predicted octanol–water partition coefficient (Wildman–Crippen LogP) is -9.91. The van der Waals surface area contributed by atoms with Crippen LogP contribution in [0.25, 0.3) is 0 Å². The van der Waals surface area contributed by atoms with Crippen LogP contribution in [0.4, 0.5) is 0 Å². The van der Waals surface area contributed by atoms with Crippen molar-refractivity contribution in [1.82, 2.24) is 0 Å². The molecule has 0 atom stereocenters. The van der Waals surface area contributed by atoms with Gasteiger partial charge < -0.3 is 0 Å². The van der Waals surface area contributed by atoms with Crippen LogP contribution < -0.4 is 22.6 Å². The van der Waals surface area contributed by atoms with E-state index in [1.54, 1.807) is 0 Å². The van der Waals surface area contributed by atoms with Gasteiger partial charge in [-0.15, -0.1) is 0 Å². The molecule has 0 aliphatic heterocycles.